The van der Waals surface area contributed by atoms with Crippen molar-refractivity contribution < 1.29 is 12.6 Å². The predicted molar refractivity (Wildman–Crippen MR) is 68.2 cm³/mol. The van der Waals surface area contributed by atoms with Crippen LogP contribution in [0, 0.1) is 0 Å². The lowest BCUT2D eigenvalue weighted by Gasteiger charge is -2.07. The van der Waals surface area contributed by atoms with E-state index in [2.05, 4.69) is 0 Å². The van der Waals surface area contributed by atoms with Crippen LogP contribution in [0.1, 0.15) is 12.5 Å². The molecule has 0 amide bonds. The summed E-state index contributed by atoms with van der Waals surface area (Å²) < 4.78 is 28.0. The van der Waals surface area contributed by atoms with Gasteiger partial charge < -0.3 is 0 Å². The van der Waals surface area contributed by atoms with Gasteiger partial charge in [0.1, 0.15) is 5.75 Å². The Labute approximate surface area is 101 Å². The second-order valence-corrected chi connectivity index (χ2v) is 5.39. The monoisotopic (exact) mass is 250 g/mol. The van der Waals surface area contributed by atoms with E-state index in [9.17, 15) is 8.42 Å². The molecule has 17 heavy (non-hydrogen) atoms. The molecule has 2 aromatic rings. The van der Waals surface area contributed by atoms with E-state index in [1.807, 2.05) is 42.5 Å². The fraction of sp³-hybridized carbons (Fsp3) is 0.231. The van der Waals surface area contributed by atoms with Crippen molar-refractivity contribution in [2.24, 2.45) is 0 Å². The topological polar surface area (TPSA) is 43.4 Å². The Kier molecular flexibility index (Phi) is 3.45. The van der Waals surface area contributed by atoms with Gasteiger partial charge in [0, 0.05) is 0 Å². The van der Waals surface area contributed by atoms with Gasteiger partial charge in [0.05, 0.1) is 6.61 Å². The van der Waals surface area contributed by atoms with E-state index < -0.39 is 10.1 Å². The Balaban J connectivity index is 2.43. The molecule has 0 radical (unpaired) electrons. The number of benzene rings is 2. The molecule has 3 nitrogen and oxygen atoms in total. The van der Waals surface area contributed by atoms with Crippen LogP contribution in [0.2, 0.25) is 0 Å². The van der Waals surface area contributed by atoms with Crippen molar-refractivity contribution in [1.29, 1.82) is 0 Å². The first-order valence-electron chi connectivity index (χ1n) is 5.46. The second-order valence-electron chi connectivity index (χ2n) is 3.75. The van der Waals surface area contributed by atoms with Crippen molar-refractivity contribution in [2.45, 2.75) is 12.7 Å². The van der Waals surface area contributed by atoms with Crippen LogP contribution in [0.15, 0.2) is 42.5 Å². The molecular formula is C13H14O3S. The molecule has 0 saturated carbocycles. The van der Waals surface area contributed by atoms with Crippen LogP contribution in [0.5, 0.6) is 0 Å². The van der Waals surface area contributed by atoms with E-state index in [4.69, 9.17) is 4.18 Å². The summed E-state index contributed by atoms with van der Waals surface area (Å²) in [5.74, 6) is -0.0812. The Morgan fingerprint density at radius 3 is 2.53 bits per heavy atom. The number of fused-ring (bicyclic) bond motifs is 1. The molecule has 90 valence electrons. The summed E-state index contributed by atoms with van der Waals surface area (Å²) >= 11 is 0. The van der Waals surface area contributed by atoms with E-state index in [-0.39, 0.29) is 12.4 Å². The summed E-state index contributed by atoms with van der Waals surface area (Å²) in [6.07, 6.45) is 0. The Morgan fingerprint density at radius 1 is 1.06 bits per heavy atom. The summed E-state index contributed by atoms with van der Waals surface area (Å²) in [4.78, 5) is 0. The molecule has 0 spiro atoms. The van der Waals surface area contributed by atoms with E-state index in [1.54, 1.807) is 6.92 Å². The van der Waals surface area contributed by atoms with Crippen LogP contribution < -0.4 is 0 Å². The van der Waals surface area contributed by atoms with Gasteiger partial charge in [-0.05, 0) is 23.3 Å². The Morgan fingerprint density at radius 2 is 1.76 bits per heavy atom. The molecule has 4 heteroatoms. The Hall–Kier alpha value is -1.39. The third-order valence-electron chi connectivity index (χ3n) is 2.51. The number of hydrogen-bond donors (Lipinski definition) is 0. The molecule has 0 aliphatic heterocycles. The standard InChI is InChI=1S/C13H14O3S/c1-2-16-17(14,15)10-12-8-5-7-11-6-3-4-9-13(11)12/h3-9H,2,10H2,1H3. The van der Waals surface area contributed by atoms with E-state index in [1.165, 1.54) is 0 Å². The molecular weight excluding hydrogens is 236 g/mol. The minimum absolute atomic E-state index is 0.0812. The second kappa shape index (κ2) is 4.85. The third-order valence-corrected chi connectivity index (χ3v) is 3.77. The highest BCUT2D eigenvalue weighted by Crippen LogP contribution is 2.20. The molecule has 0 bridgehead atoms. The molecule has 0 aliphatic carbocycles. The SMILES string of the molecule is CCOS(=O)(=O)Cc1cccc2ccccc12. The highest BCUT2D eigenvalue weighted by Gasteiger charge is 2.13. The van der Waals surface area contributed by atoms with E-state index in [0.717, 1.165) is 16.3 Å². The van der Waals surface area contributed by atoms with E-state index >= 15 is 0 Å². The van der Waals surface area contributed by atoms with Gasteiger partial charge in [-0.25, -0.2) is 0 Å². The molecule has 2 aromatic carbocycles. The van der Waals surface area contributed by atoms with Gasteiger partial charge in [0.25, 0.3) is 10.1 Å². The minimum Gasteiger partial charge on any atom is -0.270 e. The lowest BCUT2D eigenvalue weighted by molar-refractivity contribution is 0.337. The summed E-state index contributed by atoms with van der Waals surface area (Å²) in [6, 6.07) is 13.4. The first-order chi connectivity index (χ1) is 8.12. The van der Waals surface area contributed by atoms with Gasteiger partial charge in [-0.15, -0.1) is 0 Å². The predicted octanol–water partition coefficient (Wildman–Crippen LogP) is 2.71. The largest absolute Gasteiger partial charge is 0.271 e. The van der Waals surface area contributed by atoms with Gasteiger partial charge in [-0.2, -0.15) is 8.42 Å². The van der Waals surface area contributed by atoms with Crippen molar-refractivity contribution in [3.8, 4) is 0 Å². The van der Waals surface area contributed by atoms with Crippen molar-refractivity contribution in [3.63, 3.8) is 0 Å². The molecule has 0 aromatic heterocycles. The smallest absolute Gasteiger partial charge is 0.270 e. The van der Waals surface area contributed by atoms with Crippen molar-refractivity contribution in [1.82, 2.24) is 0 Å². The van der Waals surface area contributed by atoms with Crippen molar-refractivity contribution in [2.75, 3.05) is 6.61 Å². The first kappa shape index (κ1) is 12.1. The fourth-order valence-corrected chi connectivity index (χ4v) is 2.91. The van der Waals surface area contributed by atoms with Gasteiger partial charge in [0.15, 0.2) is 0 Å². The average molecular weight is 250 g/mol. The molecule has 2 rings (SSSR count). The quantitative estimate of drug-likeness (QED) is 0.784. The average Bonchev–Trinajstić information content (AvgIpc) is 2.29. The lowest BCUT2D eigenvalue weighted by atomic mass is 10.1. The van der Waals surface area contributed by atoms with Gasteiger partial charge in [-0.1, -0.05) is 42.5 Å². The maximum Gasteiger partial charge on any atom is 0.271 e. The molecule has 0 N–H and O–H groups in total. The van der Waals surface area contributed by atoms with Crippen LogP contribution in [-0.2, 0) is 20.1 Å². The number of hydrogen-bond acceptors (Lipinski definition) is 3. The van der Waals surface area contributed by atoms with Gasteiger partial charge >= 0.3 is 0 Å². The van der Waals surface area contributed by atoms with Crippen molar-refractivity contribution in [3.05, 3.63) is 48.0 Å². The zero-order valence-electron chi connectivity index (χ0n) is 9.59. The minimum atomic E-state index is -3.48. The normalized spacial score (nSPS) is 11.8. The van der Waals surface area contributed by atoms with Crippen LogP contribution in [-0.4, -0.2) is 15.0 Å². The molecule has 0 heterocycles. The van der Waals surface area contributed by atoms with Crippen molar-refractivity contribution >= 4 is 20.9 Å². The summed E-state index contributed by atoms with van der Waals surface area (Å²) in [6.45, 7) is 1.84. The zero-order chi connectivity index (χ0) is 12.3. The highest BCUT2D eigenvalue weighted by molar-refractivity contribution is 7.85. The fourth-order valence-electron chi connectivity index (χ4n) is 1.83. The van der Waals surface area contributed by atoms with Crippen LogP contribution in [0.25, 0.3) is 10.8 Å². The molecule has 0 unspecified atom stereocenters. The van der Waals surface area contributed by atoms with Crippen LogP contribution >= 0.6 is 0 Å². The lowest BCUT2D eigenvalue weighted by Crippen LogP contribution is -2.08. The number of rotatable bonds is 4. The summed E-state index contributed by atoms with van der Waals surface area (Å²) in [5, 5.41) is 2.00. The highest BCUT2D eigenvalue weighted by atomic mass is 32.2. The molecule has 0 fully saturated rings. The molecule has 0 saturated heterocycles. The maximum absolute atomic E-state index is 11.6. The van der Waals surface area contributed by atoms with E-state index in [0.29, 0.717) is 0 Å². The zero-order valence-corrected chi connectivity index (χ0v) is 10.4. The van der Waals surface area contributed by atoms with Crippen LogP contribution in [0.3, 0.4) is 0 Å². The van der Waals surface area contributed by atoms with Gasteiger partial charge in [0.2, 0.25) is 0 Å². The molecule has 0 atom stereocenters. The first-order valence-corrected chi connectivity index (χ1v) is 7.04. The summed E-state index contributed by atoms with van der Waals surface area (Å²) in [5.41, 5.74) is 0.775. The van der Waals surface area contributed by atoms with Gasteiger partial charge in [-0.3, -0.25) is 4.18 Å². The summed E-state index contributed by atoms with van der Waals surface area (Å²) in [7, 11) is -3.48. The molecule has 0 aliphatic rings. The van der Waals surface area contributed by atoms with Crippen LogP contribution in [0.4, 0.5) is 0 Å². The maximum atomic E-state index is 11.6. The Bertz CT molecular complexity index is 612. The third kappa shape index (κ3) is 2.84.